The molecule has 3 heterocycles. The molecule has 0 bridgehead atoms. The minimum absolute atomic E-state index is 0.216. The van der Waals surface area contributed by atoms with Gasteiger partial charge in [-0.1, -0.05) is 26.3 Å². The largest absolute Gasteiger partial charge is 0.356 e. The molecule has 1 aromatic heterocycles. The zero-order valence-corrected chi connectivity index (χ0v) is 18.0. The average molecular weight is 387 g/mol. The molecular formula is C23H38N4O. The predicted molar refractivity (Wildman–Crippen MR) is 114 cm³/mol. The Morgan fingerprint density at radius 3 is 2.54 bits per heavy atom. The minimum atomic E-state index is 0.216. The zero-order valence-electron chi connectivity index (χ0n) is 18.0. The van der Waals surface area contributed by atoms with Crippen LogP contribution >= 0.6 is 0 Å². The fourth-order valence-corrected chi connectivity index (χ4v) is 4.45. The molecule has 1 N–H and O–H groups in total. The first-order chi connectivity index (χ1) is 13.5. The highest BCUT2D eigenvalue weighted by Gasteiger charge is 2.30. The van der Waals surface area contributed by atoms with Crippen LogP contribution in [0.3, 0.4) is 0 Å². The van der Waals surface area contributed by atoms with Gasteiger partial charge in [-0.15, -0.1) is 0 Å². The lowest BCUT2D eigenvalue weighted by Crippen LogP contribution is -2.49. The van der Waals surface area contributed by atoms with Crippen LogP contribution in [0, 0.1) is 18.8 Å². The Kier molecular flexibility index (Phi) is 7.86. The van der Waals surface area contributed by atoms with E-state index in [-0.39, 0.29) is 11.8 Å². The number of nitrogens with one attached hydrogen (secondary N) is 1. The molecule has 1 unspecified atom stereocenters. The fourth-order valence-electron chi connectivity index (χ4n) is 4.45. The van der Waals surface area contributed by atoms with Gasteiger partial charge < -0.3 is 10.2 Å². The topological polar surface area (TPSA) is 48.5 Å². The lowest BCUT2D eigenvalue weighted by molar-refractivity contribution is -0.126. The molecule has 1 amide bonds. The van der Waals surface area contributed by atoms with Gasteiger partial charge >= 0.3 is 0 Å². The molecule has 0 saturated carbocycles. The standard InChI is InChI=1S/C23H38N4O/c1-4-18(2)16-24-23(28)20-8-14-27(15-9-20)22-10-12-26(13-11-22)17-21-7-5-6-19(3)25-21/h5-7,18,20,22H,4,8-17H2,1-3H3,(H,24,28). The molecule has 5 nitrogen and oxygen atoms in total. The molecule has 156 valence electrons. The lowest BCUT2D eigenvalue weighted by Gasteiger charge is -2.41. The van der Waals surface area contributed by atoms with E-state index in [1.165, 1.54) is 18.5 Å². The maximum absolute atomic E-state index is 12.4. The Bertz CT molecular complexity index is 619. The number of hydrogen-bond acceptors (Lipinski definition) is 4. The first kappa shape index (κ1) is 21.3. The van der Waals surface area contributed by atoms with Gasteiger partial charge in [0.05, 0.1) is 5.69 Å². The summed E-state index contributed by atoms with van der Waals surface area (Å²) in [4.78, 5) is 22.2. The Hall–Kier alpha value is -1.46. The first-order valence-electron chi connectivity index (χ1n) is 11.2. The minimum Gasteiger partial charge on any atom is -0.356 e. The number of amides is 1. The van der Waals surface area contributed by atoms with Crippen LogP contribution < -0.4 is 5.32 Å². The van der Waals surface area contributed by atoms with Gasteiger partial charge in [-0.3, -0.25) is 14.7 Å². The van der Waals surface area contributed by atoms with Gasteiger partial charge in [0.15, 0.2) is 0 Å². The molecule has 2 fully saturated rings. The normalized spacial score (nSPS) is 21.5. The highest BCUT2D eigenvalue weighted by molar-refractivity contribution is 5.78. The van der Waals surface area contributed by atoms with Crippen LogP contribution in [0.5, 0.6) is 0 Å². The van der Waals surface area contributed by atoms with E-state index in [2.05, 4.69) is 59.1 Å². The fraction of sp³-hybridized carbons (Fsp3) is 0.739. The summed E-state index contributed by atoms with van der Waals surface area (Å²) in [5, 5.41) is 3.16. The molecule has 0 aromatic carbocycles. The van der Waals surface area contributed by atoms with Crippen LogP contribution in [0.2, 0.25) is 0 Å². The molecular weight excluding hydrogens is 348 g/mol. The van der Waals surface area contributed by atoms with Crippen LogP contribution in [0.25, 0.3) is 0 Å². The lowest BCUT2D eigenvalue weighted by atomic mass is 9.92. The Balaban J connectivity index is 1.37. The first-order valence-corrected chi connectivity index (χ1v) is 11.2. The van der Waals surface area contributed by atoms with Gasteiger partial charge in [-0.05, 0) is 63.7 Å². The van der Waals surface area contributed by atoms with Gasteiger partial charge in [-0.2, -0.15) is 0 Å². The van der Waals surface area contributed by atoms with E-state index in [0.717, 1.165) is 64.2 Å². The summed E-state index contributed by atoms with van der Waals surface area (Å²) in [6, 6.07) is 6.99. The van der Waals surface area contributed by atoms with Gasteiger partial charge in [0.2, 0.25) is 5.91 Å². The van der Waals surface area contributed by atoms with Crippen molar-refractivity contribution < 1.29 is 4.79 Å². The smallest absolute Gasteiger partial charge is 0.223 e. The van der Waals surface area contributed by atoms with Gasteiger partial charge in [-0.25, -0.2) is 0 Å². The maximum atomic E-state index is 12.4. The summed E-state index contributed by atoms with van der Waals surface area (Å²) < 4.78 is 0. The van der Waals surface area contributed by atoms with E-state index in [1.807, 2.05) is 0 Å². The summed E-state index contributed by atoms with van der Waals surface area (Å²) in [5.41, 5.74) is 2.28. The van der Waals surface area contributed by atoms with Gasteiger partial charge in [0.1, 0.15) is 0 Å². The summed E-state index contributed by atoms with van der Waals surface area (Å²) in [6.45, 7) is 12.7. The number of carbonyl (C=O) groups excluding carboxylic acids is 1. The van der Waals surface area contributed by atoms with Crippen LogP contribution in [-0.2, 0) is 11.3 Å². The van der Waals surface area contributed by atoms with Crippen LogP contribution in [0.1, 0.15) is 57.3 Å². The molecule has 2 aliphatic rings. The number of likely N-dealkylation sites (tertiary alicyclic amines) is 2. The Labute approximate surface area is 170 Å². The van der Waals surface area contributed by atoms with E-state index in [1.54, 1.807) is 0 Å². The van der Waals surface area contributed by atoms with Crippen molar-refractivity contribution in [3.05, 3.63) is 29.6 Å². The number of rotatable bonds is 7. The Morgan fingerprint density at radius 2 is 1.89 bits per heavy atom. The SMILES string of the molecule is CCC(C)CNC(=O)C1CCN(C2CCN(Cc3cccc(C)n3)CC2)CC1. The second-order valence-corrected chi connectivity index (χ2v) is 8.85. The number of hydrogen-bond donors (Lipinski definition) is 1. The van der Waals surface area contributed by atoms with Crippen molar-refractivity contribution in [2.75, 3.05) is 32.7 Å². The molecule has 0 spiro atoms. The van der Waals surface area contributed by atoms with Crippen molar-refractivity contribution in [3.8, 4) is 0 Å². The van der Waals surface area contributed by atoms with E-state index in [0.29, 0.717) is 12.0 Å². The molecule has 2 saturated heterocycles. The second kappa shape index (κ2) is 10.4. The molecule has 3 rings (SSSR count). The highest BCUT2D eigenvalue weighted by atomic mass is 16.1. The molecule has 0 radical (unpaired) electrons. The molecule has 0 aliphatic carbocycles. The second-order valence-electron chi connectivity index (χ2n) is 8.85. The average Bonchev–Trinajstić information content (AvgIpc) is 2.72. The van der Waals surface area contributed by atoms with Crippen LogP contribution in [0.15, 0.2) is 18.2 Å². The monoisotopic (exact) mass is 386 g/mol. The number of carbonyl (C=O) groups is 1. The summed E-state index contributed by atoms with van der Waals surface area (Å²) >= 11 is 0. The third kappa shape index (κ3) is 6.02. The summed E-state index contributed by atoms with van der Waals surface area (Å²) in [5.74, 6) is 1.07. The van der Waals surface area contributed by atoms with Gasteiger partial charge in [0.25, 0.3) is 0 Å². The number of pyridine rings is 1. The maximum Gasteiger partial charge on any atom is 0.223 e. The summed E-state index contributed by atoms with van der Waals surface area (Å²) in [7, 11) is 0. The van der Waals surface area contributed by atoms with Crippen molar-refractivity contribution in [1.82, 2.24) is 20.1 Å². The van der Waals surface area contributed by atoms with Crippen molar-refractivity contribution in [1.29, 1.82) is 0 Å². The van der Waals surface area contributed by atoms with Crippen molar-refractivity contribution in [2.24, 2.45) is 11.8 Å². The number of nitrogens with zero attached hydrogens (tertiary/aromatic N) is 3. The zero-order chi connectivity index (χ0) is 19.9. The third-order valence-electron chi connectivity index (χ3n) is 6.63. The van der Waals surface area contributed by atoms with E-state index in [9.17, 15) is 4.79 Å². The molecule has 5 heteroatoms. The van der Waals surface area contributed by atoms with Crippen molar-refractivity contribution >= 4 is 5.91 Å². The number of piperidine rings is 2. The quantitative estimate of drug-likeness (QED) is 0.782. The van der Waals surface area contributed by atoms with E-state index in [4.69, 9.17) is 0 Å². The van der Waals surface area contributed by atoms with E-state index < -0.39 is 0 Å². The van der Waals surface area contributed by atoms with Crippen LogP contribution in [-0.4, -0.2) is 59.5 Å². The number of aryl methyl sites for hydroxylation is 1. The number of aromatic nitrogens is 1. The Morgan fingerprint density at radius 1 is 1.18 bits per heavy atom. The van der Waals surface area contributed by atoms with Crippen LogP contribution in [0.4, 0.5) is 0 Å². The van der Waals surface area contributed by atoms with E-state index >= 15 is 0 Å². The highest BCUT2D eigenvalue weighted by Crippen LogP contribution is 2.24. The molecule has 2 aliphatic heterocycles. The van der Waals surface area contributed by atoms with Gasteiger partial charge in [0, 0.05) is 43.8 Å². The molecule has 1 aromatic rings. The molecule has 28 heavy (non-hydrogen) atoms. The van der Waals surface area contributed by atoms with Crippen molar-refractivity contribution in [2.45, 2.75) is 65.5 Å². The molecule has 1 atom stereocenters. The summed E-state index contributed by atoms with van der Waals surface area (Å²) in [6.07, 6.45) is 5.62. The van der Waals surface area contributed by atoms with Crippen molar-refractivity contribution in [3.63, 3.8) is 0 Å². The third-order valence-corrected chi connectivity index (χ3v) is 6.63. The predicted octanol–water partition coefficient (Wildman–Crippen LogP) is 3.23.